The van der Waals surface area contributed by atoms with Crippen LogP contribution in [0.25, 0.3) is 22.3 Å². The Hall–Kier alpha value is -3.80. The Bertz CT molecular complexity index is 1680. The third-order valence-corrected chi connectivity index (χ3v) is 7.67. The molecule has 4 aromatic rings. The van der Waals surface area contributed by atoms with Crippen molar-refractivity contribution in [2.45, 2.75) is 64.2 Å². The zero-order valence-corrected chi connectivity index (χ0v) is 25.3. The molecule has 0 bridgehead atoms. The summed E-state index contributed by atoms with van der Waals surface area (Å²) < 4.78 is 160. The Morgan fingerprint density at radius 3 is 1.70 bits per heavy atom. The van der Waals surface area contributed by atoms with Crippen LogP contribution in [-0.2, 0) is 18.7 Å². The van der Waals surface area contributed by atoms with E-state index >= 15 is 4.39 Å². The fourth-order valence-electron chi connectivity index (χ4n) is 5.14. The van der Waals surface area contributed by atoms with Crippen molar-refractivity contribution in [3.05, 3.63) is 111 Å². The highest BCUT2D eigenvalue weighted by molar-refractivity contribution is 6.33. The molecule has 0 unspecified atom stereocenters. The van der Waals surface area contributed by atoms with Crippen molar-refractivity contribution < 1.29 is 53.0 Å². The minimum Gasteiger partial charge on any atom is -0.429 e. The molecule has 0 fully saturated rings. The van der Waals surface area contributed by atoms with Crippen LogP contribution in [0.15, 0.2) is 54.6 Å². The fourth-order valence-corrected chi connectivity index (χ4v) is 5.45. The van der Waals surface area contributed by atoms with Crippen molar-refractivity contribution in [3.63, 3.8) is 0 Å². The van der Waals surface area contributed by atoms with Crippen molar-refractivity contribution in [2.75, 3.05) is 0 Å². The number of rotatable bonds is 12. The highest BCUT2D eigenvalue weighted by atomic mass is 35.5. The van der Waals surface area contributed by atoms with E-state index in [4.69, 9.17) is 11.6 Å². The Labute approximate surface area is 267 Å². The van der Waals surface area contributed by atoms with Crippen LogP contribution < -0.4 is 4.74 Å². The van der Waals surface area contributed by atoms with Crippen LogP contribution in [0.2, 0.25) is 5.02 Å². The molecule has 0 N–H and O–H groups in total. The number of aryl methyl sites for hydroxylation is 1. The first-order valence-electron chi connectivity index (χ1n) is 14.4. The van der Waals surface area contributed by atoms with Gasteiger partial charge in [0.1, 0.15) is 51.8 Å². The van der Waals surface area contributed by atoms with Gasteiger partial charge in [-0.25, -0.2) is 26.3 Å². The van der Waals surface area contributed by atoms with E-state index in [1.807, 2.05) is 0 Å². The molecular weight excluding hydrogens is 669 g/mol. The molecule has 0 aliphatic heterocycles. The van der Waals surface area contributed by atoms with Crippen LogP contribution >= 0.6 is 11.6 Å². The second-order valence-corrected chi connectivity index (χ2v) is 11.2. The Kier molecular flexibility index (Phi) is 11.1. The molecule has 0 saturated carbocycles. The van der Waals surface area contributed by atoms with E-state index in [1.165, 1.54) is 12.1 Å². The van der Waals surface area contributed by atoms with Gasteiger partial charge in [0.05, 0.1) is 5.02 Å². The van der Waals surface area contributed by atoms with Crippen molar-refractivity contribution in [3.8, 4) is 28.0 Å². The van der Waals surface area contributed by atoms with E-state index in [-0.39, 0.29) is 35.4 Å². The number of hydrogen-bond acceptors (Lipinski definition) is 1. The van der Waals surface area contributed by atoms with Gasteiger partial charge in [0.25, 0.3) is 0 Å². The molecule has 0 radical (unpaired) electrons. The maximum Gasteiger partial charge on any atom is 0.432 e. The summed E-state index contributed by atoms with van der Waals surface area (Å²) in [6.07, 6.45) is -3.51. The topological polar surface area (TPSA) is 9.23 Å². The molecule has 1 nitrogen and oxygen atoms in total. The smallest absolute Gasteiger partial charge is 0.429 e. The second-order valence-electron chi connectivity index (χ2n) is 10.8. The molecule has 0 aliphatic carbocycles. The quantitative estimate of drug-likeness (QED) is 0.106. The van der Waals surface area contributed by atoms with E-state index < -0.39 is 80.2 Å². The minimum absolute atomic E-state index is 0.00614. The van der Waals surface area contributed by atoms with Crippen LogP contribution in [0, 0.1) is 34.9 Å². The summed E-state index contributed by atoms with van der Waals surface area (Å²) in [7, 11) is 0. The Balaban J connectivity index is 1.58. The number of ether oxygens (including phenoxy) is 1. The lowest BCUT2D eigenvalue weighted by molar-refractivity contribution is -0.189. The largest absolute Gasteiger partial charge is 0.432 e. The Morgan fingerprint density at radius 1 is 0.596 bits per heavy atom. The molecule has 0 spiro atoms. The molecule has 252 valence electrons. The minimum atomic E-state index is -5.51. The SMILES string of the molecule is CCCCCCCCc1ccc(-c2cc(F)c(-c3cc(F)c(C(F)(F)Oc4cc(F)c(C(F)(F)F)c(F)c4)c(F)c3)c(Cl)c2)c(F)c1. The van der Waals surface area contributed by atoms with E-state index in [9.17, 15) is 43.9 Å². The first kappa shape index (κ1) is 36.0. The molecule has 0 amide bonds. The summed E-state index contributed by atoms with van der Waals surface area (Å²) in [6.45, 7) is 2.12. The van der Waals surface area contributed by atoms with Gasteiger partial charge in [0.15, 0.2) is 0 Å². The number of hydrogen-bond donors (Lipinski definition) is 0. The summed E-state index contributed by atoms with van der Waals surface area (Å²) in [4.78, 5) is 0. The third-order valence-electron chi connectivity index (χ3n) is 7.37. The molecule has 0 saturated heterocycles. The van der Waals surface area contributed by atoms with Gasteiger partial charge in [-0.2, -0.15) is 22.0 Å². The molecular formula is C34H26ClF11O. The molecule has 0 heterocycles. The lowest BCUT2D eigenvalue weighted by Gasteiger charge is -2.21. The number of benzene rings is 4. The number of unbranched alkanes of at least 4 members (excludes halogenated alkanes) is 5. The molecule has 4 rings (SSSR count). The summed E-state index contributed by atoms with van der Waals surface area (Å²) in [5, 5.41) is -0.444. The summed E-state index contributed by atoms with van der Waals surface area (Å²) in [5.41, 5.74) is -5.00. The van der Waals surface area contributed by atoms with Crippen LogP contribution in [0.5, 0.6) is 5.75 Å². The fraction of sp³-hybridized carbons (Fsp3) is 0.294. The average molecular weight is 695 g/mol. The first-order chi connectivity index (χ1) is 22.0. The molecule has 0 aromatic heterocycles. The predicted molar refractivity (Wildman–Crippen MR) is 155 cm³/mol. The van der Waals surface area contributed by atoms with Gasteiger partial charge < -0.3 is 4.74 Å². The first-order valence-corrected chi connectivity index (χ1v) is 14.8. The molecule has 13 heteroatoms. The maximum atomic E-state index is 15.3. The van der Waals surface area contributed by atoms with Gasteiger partial charge in [-0.15, -0.1) is 0 Å². The average Bonchev–Trinajstić information content (AvgIpc) is 2.92. The van der Waals surface area contributed by atoms with Crippen molar-refractivity contribution >= 4 is 11.6 Å². The lowest BCUT2D eigenvalue weighted by Crippen LogP contribution is -2.25. The standard InChI is InChI=1S/C34H26ClF11O/c1-2-3-4-5-6-7-8-18-9-10-22(24(36)11-18)19-12-23(35)30(25(37)13-19)20-14-26(38)32(27(39)15-20)34(45,46)47-21-16-28(40)31(29(41)17-21)33(42,43)44/h9-17H,2-8H2,1H3. The van der Waals surface area contributed by atoms with Crippen LogP contribution in [0.1, 0.15) is 62.1 Å². The van der Waals surface area contributed by atoms with Gasteiger partial charge in [0, 0.05) is 23.3 Å². The number of alkyl halides is 5. The van der Waals surface area contributed by atoms with E-state index in [0.717, 1.165) is 56.2 Å². The van der Waals surface area contributed by atoms with Crippen molar-refractivity contribution in [1.82, 2.24) is 0 Å². The molecule has 47 heavy (non-hydrogen) atoms. The molecule has 4 aromatic carbocycles. The third kappa shape index (κ3) is 8.38. The maximum absolute atomic E-state index is 15.3. The van der Waals surface area contributed by atoms with Crippen molar-refractivity contribution in [2.24, 2.45) is 0 Å². The van der Waals surface area contributed by atoms with Gasteiger partial charge >= 0.3 is 12.3 Å². The van der Waals surface area contributed by atoms with Gasteiger partial charge in [-0.3, -0.25) is 0 Å². The van der Waals surface area contributed by atoms with Crippen LogP contribution in [0.4, 0.5) is 48.3 Å². The van der Waals surface area contributed by atoms with Gasteiger partial charge in [0.2, 0.25) is 0 Å². The Morgan fingerprint density at radius 2 is 1.15 bits per heavy atom. The van der Waals surface area contributed by atoms with Crippen LogP contribution in [0.3, 0.4) is 0 Å². The highest BCUT2D eigenvalue weighted by Gasteiger charge is 2.43. The van der Waals surface area contributed by atoms with Crippen LogP contribution in [-0.4, -0.2) is 0 Å². The normalized spacial score (nSPS) is 12.1. The zero-order valence-electron chi connectivity index (χ0n) is 24.6. The summed E-state index contributed by atoms with van der Waals surface area (Å²) in [6, 6.07) is 6.53. The van der Waals surface area contributed by atoms with Gasteiger partial charge in [-0.05, 0) is 59.9 Å². The zero-order chi connectivity index (χ0) is 34.7. The van der Waals surface area contributed by atoms with E-state index in [2.05, 4.69) is 11.7 Å². The number of halogens is 12. The monoisotopic (exact) mass is 694 g/mol. The summed E-state index contributed by atoms with van der Waals surface area (Å²) >= 11 is 6.21. The molecule has 0 aliphatic rings. The molecule has 0 atom stereocenters. The van der Waals surface area contributed by atoms with E-state index in [1.54, 1.807) is 6.07 Å². The van der Waals surface area contributed by atoms with Crippen molar-refractivity contribution in [1.29, 1.82) is 0 Å². The van der Waals surface area contributed by atoms with E-state index in [0.29, 0.717) is 6.42 Å². The lowest BCUT2D eigenvalue weighted by atomic mass is 9.96. The van der Waals surface area contributed by atoms with Gasteiger partial charge in [-0.1, -0.05) is 62.8 Å². The second kappa shape index (κ2) is 14.5. The highest BCUT2D eigenvalue weighted by Crippen LogP contribution is 2.42. The predicted octanol–water partition coefficient (Wildman–Crippen LogP) is 12.6. The summed E-state index contributed by atoms with van der Waals surface area (Å²) in [5.74, 6) is -12.0.